The molecule has 0 aliphatic carbocycles. The van der Waals surface area contributed by atoms with Crippen molar-refractivity contribution in [3.8, 4) is 0 Å². The number of sulfonamides is 1. The van der Waals surface area contributed by atoms with Gasteiger partial charge >= 0.3 is 6.55 Å². The number of alkyl halides is 2. The molecule has 6 nitrogen and oxygen atoms in total. The summed E-state index contributed by atoms with van der Waals surface area (Å²) in [5, 5.41) is 4.80. The quantitative estimate of drug-likeness (QED) is 0.693. The van der Waals surface area contributed by atoms with Crippen LogP contribution in [0.2, 0.25) is 10.0 Å². The summed E-state index contributed by atoms with van der Waals surface area (Å²) in [6.07, 6.45) is 0. The van der Waals surface area contributed by atoms with Gasteiger partial charge in [0.15, 0.2) is 0 Å². The van der Waals surface area contributed by atoms with Crippen molar-refractivity contribution >= 4 is 33.2 Å². The second-order valence-corrected chi connectivity index (χ2v) is 9.36. The zero-order valence-corrected chi connectivity index (χ0v) is 17.7. The molecule has 1 saturated heterocycles. The highest BCUT2D eigenvalue weighted by Crippen LogP contribution is 2.28. The van der Waals surface area contributed by atoms with E-state index in [1.165, 1.54) is 18.2 Å². The van der Waals surface area contributed by atoms with E-state index in [0.29, 0.717) is 34.4 Å². The van der Waals surface area contributed by atoms with Gasteiger partial charge in [0.1, 0.15) is 4.90 Å². The average Bonchev–Trinajstić information content (AvgIpc) is 2.93. The molecule has 2 aromatic rings. The molecule has 0 saturated carbocycles. The van der Waals surface area contributed by atoms with Crippen molar-refractivity contribution in [2.24, 2.45) is 0 Å². The van der Waals surface area contributed by atoms with Crippen LogP contribution >= 0.6 is 23.2 Å². The van der Waals surface area contributed by atoms with Gasteiger partial charge in [-0.3, -0.25) is 4.90 Å². The number of hydrogen-bond acceptors (Lipinski definition) is 4. The van der Waals surface area contributed by atoms with Crippen molar-refractivity contribution in [1.82, 2.24) is 19.0 Å². The first-order chi connectivity index (χ1) is 13.1. The van der Waals surface area contributed by atoms with Crippen molar-refractivity contribution in [1.29, 1.82) is 0 Å². The van der Waals surface area contributed by atoms with Crippen LogP contribution in [0.4, 0.5) is 8.78 Å². The van der Waals surface area contributed by atoms with Gasteiger partial charge in [-0.25, -0.2) is 13.1 Å². The van der Waals surface area contributed by atoms with Gasteiger partial charge in [-0.15, -0.1) is 0 Å². The van der Waals surface area contributed by atoms with Crippen LogP contribution in [0.1, 0.15) is 23.5 Å². The molecule has 0 unspecified atom stereocenters. The summed E-state index contributed by atoms with van der Waals surface area (Å²) in [6.45, 7) is 1.97. The van der Waals surface area contributed by atoms with Gasteiger partial charge < -0.3 is 0 Å². The van der Waals surface area contributed by atoms with Crippen LogP contribution in [0.3, 0.4) is 0 Å². The lowest BCUT2D eigenvalue weighted by molar-refractivity contribution is 0.0538. The maximum Gasteiger partial charge on any atom is 0.333 e. The molecule has 154 valence electrons. The highest BCUT2D eigenvalue weighted by Gasteiger charge is 2.34. The highest BCUT2D eigenvalue weighted by atomic mass is 35.5. The molecular weight excluding hydrogens is 433 g/mol. The molecule has 1 fully saturated rings. The second kappa shape index (κ2) is 8.23. The largest absolute Gasteiger partial charge is 0.333 e. The molecule has 28 heavy (non-hydrogen) atoms. The van der Waals surface area contributed by atoms with E-state index in [-0.39, 0.29) is 29.4 Å². The molecule has 3 rings (SSSR count). The van der Waals surface area contributed by atoms with Crippen LogP contribution < -0.4 is 0 Å². The Labute approximate surface area is 172 Å². The third kappa shape index (κ3) is 4.18. The molecule has 0 N–H and O–H groups in total. The van der Waals surface area contributed by atoms with Crippen molar-refractivity contribution in [3.63, 3.8) is 0 Å². The topological polar surface area (TPSA) is 58.4 Å². The molecule has 1 aliphatic rings. The Morgan fingerprint density at radius 3 is 2.32 bits per heavy atom. The van der Waals surface area contributed by atoms with Gasteiger partial charge in [0.05, 0.1) is 11.4 Å². The summed E-state index contributed by atoms with van der Waals surface area (Å²) in [6, 6.07) is 5.28. The smallest absolute Gasteiger partial charge is 0.296 e. The van der Waals surface area contributed by atoms with E-state index in [1.54, 1.807) is 12.1 Å². The summed E-state index contributed by atoms with van der Waals surface area (Å²) in [5.74, 6) is 0. The summed E-state index contributed by atoms with van der Waals surface area (Å²) < 4.78 is 53.8. The number of nitrogens with zero attached hydrogens (tertiary/aromatic N) is 4. The maximum absolute atomic E-state index is 13.0. The van der Waals surface area contributed by atoms with E-state index in [2.05, 4.69) is 10.00 Å². The number of aromatic nitrogens is 2. The summed E-state index contributed by atoms with van der Waals surface area (Å²) in [7, 11) is -3.90. The number of hydrogen-bond donors (Lipinski definition) is 0. The number of benzene rings is 1. The lowest BCUT2D eigenvalue weighted by Gasteiger charge is -2.34. The molecule has 0 radical (unpaired) electrons. The molecule has 0 amide bonds. The van der Waals surface area contributed by atoms with Crippen molar-refractivity contribution in [2.45, 2.75) is 31.8 Å². The molecular formula is C17H20Cl2F2N4O2S. The minimum Gasteiger partial charge on any atom is -0.296 e. The summed E-state index contributed by atoms with van der Waals surface area (Å²) >= 11 is 12.1. The van der Waals surface area contributed by atoms with Crippen LogP contribution in [0.25, 0.3) is 0 Å². The van der Waals surface area contributed by atoms with Gasteiger partial charge in [-0.2, -0.15) is 18.2 Å². The van der Waals surface area contributed by atoms with Crippen LogP contribution in [0, 0.1) is 13.8 Å². The van der Waals surface area contributed by atoms with Crippen LogP contribution in [0.5, 0.6) is 0 Å². The van der Waals surface area contributed by atoms with Gasteiger partial charge in [-0.1, -0.05) is 29.3 Å². The van der Waals surface area contributed by atoms with E-state index in [4.69, 9.17) is 23.2 Å². The molecule has 1 aromatic carbocycles. The third-order valence-electron chi connectivity index (χ3n) is 4.78. The SMILES string of the molecule is Cc1nn(C(F)F)c(C)c1S(=O)(=O)N1CCN(Cc2ccc(Cl)cc2Cl)CC1. The Kier molecular flexibility index (Phi) is 6.31. The number of aryl methyl sites for hydroxylation is 1. The highest BCUT2D eigenvalue weighted by molar-refractivity contribution is 7.89. The second-order valence-electron chi connectivity index (χ2n) is 6.64. The Bertz CT molecular complexity index is 974. The Balaban J connectivity index is 1.72. The van der Waals surface area contributed by atoms with Crippen molar-refractivity contribution in [2.75, 3.05) is 26.2 Å². The van der Waals surface area contributed by atoms with E-state index >= 15 is 0 Å². The Hall–Kier alpha value is -1.26. The zero-order chi connectivity index (χ0) is 20.6. The van der Waals surface area contributed by atoms with Crippen LogP contribution in [0.15, 0.2) is 23.1 Å². The molecule has 1 aliphatic heterocycles. The van der Waals surface area contributed by atoms with E-state index < -0.39 is 16.6 Å². The number of piperazine rings is 1. The van der Waals surface area contributed by atoms with Crippen LogP contribution in [-0.4, -0.2) is 53.6 Å². The minimum atomic E-state index is -3.90. The van der Waals surface area contributed by atoms with Gasteiger partial charge in [0.2, 0.25) is 10.0 Å². The summed E-state index contributed by atoms with van der Waals surface area (Å²) in [4.78, 5) is 1.95. The Morgan fingerprint density at radius 1 is 1.14 bits per heavy atom. The predicted molar refractivity (Wildman–Crippen MR) is 103 cm³/mol. The maximum atomic E-state index is 13.0. The van der Waals surface area contributed by atoms with Gasteiger partial charge in [0, 0.05) is 42.8 Å². The van der Waals surface area contributed by atoms with Gasteiger partial charge in [0.25, 0.3) is 0 Å². The predicted octanol–water partition coefficient (Wildman–Crippen LogP) is 3.71. The fraction of sp³-hybridized carbons (Fsp3) is 0.471. The molecule has 2 heterocycles. The van der Waals surface area contributed by atoms with Crippen molar-refractivity contribution < 1.29 is 17.2 Å². The standard InChI is InChI=1S/C17H20Cl2F2N4O2S/c1-11-16(12(2)25(22-11)17(20)21)28(26,27)24-7-5-23(6-8-24)10-13-3-4-14(18)9-15(13)19/h3-4,9,17H,5-8,10H2,1-2H3. The van der Waals surface area contributed by atoms with Crippen molar-refractivity contribution in [3.05, 3.63) is 45.2 Å². The fourth-order valence-corrected chi connectivity index (χ4v) is 5.61. The monoisotopic (exact) mass is 452 g/mol. The normalized spacial score (nSPS) is 16.8. The number of rotatable bonds is 5. The molecule has 0 spiro atoms. The number of halogens is 4. The van der Waals surface area contributed by atoms with Crippen LogP contribution in [-0.2, 0) is 16.6 Å². The lowest BCUT2D eigenvalue weighted by atomic mass is 10.2. The van der Waals surface area contributed by atoms with E-state index in [1.807, 2.05) is 6.07 Å². The Morgan fingerprint density at radius 2 is 1.79 bits per heavy atom. The zero-order valence-electron chi connectivity index (χ0n) is 15.4. The first-order valence-corrected chi connectivity index (χ1v) is 10.8. The molecule has 1 aromatic heterocycles. The summed E-state index contributed by atoms with van der Waals surface area (Å²) in [5.41, 5.74) is 0.934. The first-order valence-electron chi connectivity index (χ1n) is 8.61. The first kappa shape index (κ1) is 21.4. The van der Waals surface area contributed by atoms with E-state index in [0.717, 1.165) is 5.56 Å². The molecule has 0 atom stereocenters. The van der Waals surface area contributed by atoms with Gasteiger partial charge in [-0.05, 0) is 31.5 Å². The minimum absolute atomic E-state index is 0.0529. The fourth-order valence-electron chi connectivity index (χ4n) is 3.36. The lowest BCUT2D eigenvalue weighted by Crippen LogP contribution is -2.48. The molecule has 11 heteroatoms. The van der Waals surface area contributed by atoms with E-state index in [9.17, 15) is 17.2 Å². The molecule has 0 bridgehead atoms. The average molecular weight is 453 g/mol. The third-order valence-corrected chi connectivity index (χ3v) is 7.52.